The van der Waals surface area contributed by atoms with Crippen molar-refractivity contribution >= 4 is 169 Å². The van der Waals surface area contributed by atoms with Crippen molar-refractivity contribution in [1.29, 1.82) is 0 Å². The summed E-state index contributed by atoms with van der Waals surface area (Å²) < 4.78 is 2.63. The predicted molar refractivity (Wildman–Crippen MR) is 349 cm³/mol. The van der Waals surface area contributed by atoms with Gasteiger partial charge < -0.3 is 19.6 Å². The van der Waals surface area contributed by atoms with Crippen molar-refractivity contribution in [2.24, 2.45) is 0 Å². The molecule has 17 rings (SSSR count). The molecule has 81 heavy (non-hydrogen) atoms. The topological polar surface area (TPSA) is 13.0 Å². The molecule has 0 atom stereocenters. The first-order valence-corrected chi connectivity index (χ1v) is 30.1. The molecule has 4 aliphatic rings. The maximum Gasteiger partial charge on any atom is 0.249 e. The number of benzene rings is 12. The zero-order valence-corrected chi connectivity index (χ0v) is 46.2. The minimum absolute atomic E-state index is 0.0232. The Morgan fingerprint density at radius 2 is 0.605 bits per heavy atom. The summed E-state index contributed by atoms with van der Waals surface area (Å²) in [4.78, 5) is 15.0. The van der Waals surface area contributed by atoms with Gasteiger partial charge in [-0.2, -0.15) is 0 Å². The van der Waals surface area contributed by atoms with E-state index in [1.807, 2.05) is 34.9 Å². The molecule has 0 fully saturated rings. The zero-order valence-electron chi connectivity index (χ0n) is 43.7. The average Bonchev–Trinajstić information content (AvgIpc) is 3.72. The lowest BCUT2D eigenvalue weighted by atomic mass is 9.34. The fourth-order valence-electron chi connectivity index (χ4n) is 13.3. The van der Waals surface area contributed by atoms with E-state index in [2.05, 4.69) is 299 Å². The van der Waals surface area contributed by atoms with Crippen LogP contribution in [0.4, 0.5) is 68.2 Å². The van der Waals surface area contributed by atoms with Crippen molar-refractivity contribution in [3.63, 3.8) is 0 Å². The molecule has 378 valence electrons. The summed E-state index contributed by atoms with van der Waals surface area (Å²) in [5.74, 6) is 0. The fraction of sp³-hybridized carbons (Fsp3) is 0. The number of para-hydroxylation sites is 8. The highest BCUT2D eigenvalue weighted by Crippen LogP contribution is 2.50. The normalized spacial score (nSPS) is 13.2. The van der Waals surface area contributed by atoms with Crippen LogP contribution < -0.4 is 52.4 Å². The number of nitrogens with zero attached hydrogens (tertiary/aromatic N) is 4. The monoisotopic (exact) mass is 1080 g/mol. The SMILES string of the molecule is c1ccc(N(c2ccccc2)c2cc3c4c(c2)N(c2ccccc2)c2ccccc2B4c2cc4c(cc2S3)sc2cc3c(cc24)B2c4ccccc4N(c4ccccc4)c4cc(N(c5ccccc5)c5ccccc5)cc(c42)S3)cc1. The van der Waals surface area contributed by atoms with E-state index in [1.54, 1.807) is 0 Å². The van der Waals surface area contributed by atoms with Crippen molar-refractivity contribution in [3.8, 4) is 0 Å². The van der Waals surface area contributed by atoms with Crippen LogP contribution in [0.1, 0.15) is 0 Å². The molecule has 12 aromatic carbocycles. The molecule has 13 aromatic rings. The first kappa shape index (κ1) is 46.8. The predicted octanol–water partition coefficient (Wildman–Crippen LogP) is 16.5. The quantitative estimate of drug-likeness (QED) is 0.140. The van der Waals surface area contributed by atoms with Gasteiger partial charge in [0, 0.05) is 97.2 Å². The molecular weight excluding hydrogens is 1040 g/mol. The standard InChI is InChI=1S/C72H46B2N4S3/c1-7-23-47(24-8-1)75(48-25-9-2-10-26-48)53-39-63-71-69(41-53)80-67-45-65-55(43-59(67)73(71)57-35-19-21-37-61(57)77(63)51-31-15-5-16-32-51)56-44-60-68(46-66(56)79-65)81-70-42-54(76(49-27-11-3-12-28-49)50-29-13-4-14-30-50)40-64-72(70)74(60)58-36-20-22-38-62(58)78(64)52-33-17-6-18-34-52/h1-46H. The number of thiophene rings is 1. The van der Waals surface area contributed by atoms with Crippen LogP contribution in [0.3, 0.4) is 0 Å². The second kappa shape index (κ2) is 18.8. The smallest absolute Gasteiger partial charge is 0.249 e. The minimum Gasteiger partial charge on any atom is -0.311 e. The van der Waals surface area contributed by atoms with Crippen LogP contribution in [-0.4, -0.2) is 13.4 Å². The van der Waals surface area contributed by atoms with Crippen molar-refractivity contribution in [2.45, 2.75) is 19.6 Å². The van der Waals surface area contributed by atoms with E-state index in [0.29, 0.717) is 0 Å². The van der Waals surface area contributed by atoms with Gasteiger partial charge in [0.1, 0.15) is 0 Å². The van der Waals surface area contributed by atoms with Crippen LogP contribution >= 0.6 is 34.9 Å². The molecule has 4 aliphatic heterocycles. The van der Waals surface area contributed by atoms with Crippen LogP contribution in [-0.2, 0) is 0 Å². The third kappa shape index (κ3) is 7.42. The number of anilines is 12. The molecule has 4 nitrogen and oxygen atoms in total. The molecule has 9 heteroatoms. The van der Waals surface area contributed by atoms with Gasteiger partial charge in [-0.15, -0.1) is 11.3 Å². The average molecular weight is 1090 g/mol. The zero-order chi connectivity index (χ0) is 53.1. The van der Waals surface area contributed by atoms with E-state index in [1.165, 1.54) is 95.3 Å². The Bertz CT molecular complexity index is 4250. The summed E-state index contributed by atoms with van der Waals surface area (Å²) in [6.45, 7) is 0.0464. The fourth-order valence-corrected chi connectivity index (χ4v) is 17.0. The van der Waals surface area contributed by atoms with Crippen LogP contribution in [0.25, 0.3) is 20.2 Å². The molecule has 0 aliphatic carbocycles. The van der Waals surface area contributed by atoms with Crippen molar-refractivity contribution in [1.82, 2.24) is 0 Å². The summed E-state index contributed by atoms with van der Waals surface area (Å²) in [7, 11) is 0. The maximum atomic E-state index is 2.58. The Balaban J connectivity index is 0.867. The highest BCUT2D eigenvalue weighted by atomic mass is 32.2. The molecule has 0 spiro atoms. The Hall–Kier alpha value is -9.11. The maximum absolute atomic E-state index is 2.58. The number of hydrogen-bond acceptors (Lipinski definition) is 7. The number of hydrogen-bond donors (Lipinski definition) is 0. The molecule has 5 heterocycles. The van der Waals surface area contributed by atoms with Gasteiger partial charge in [0.2, 0.25) is 13.4 Å². The third-order valence-corrected chi connectivity index (χ3v) is 20.0. The lowest BCUT2D eigenvalue weighted by Crippen LogP contribution is -2.60. The molecule has 0 saturated heterocycles. The molecule has 0 N–H and O–H groups in total. The van der Waals surface area contributed by atoms with Crippen LogP contribution in [0.5, 0.6) is 0 Å². The molecular formula is C72H46B2N4S3. The van der Waals surface area contributed by atoms with E-state index < -0.39 is 0 Å². The molecule has 1 aromatic heterocycles. The molecule has 0 bridgehead atoms. The van der Waals surface area contributed by atoms with Gasteiger partial charge in [0.15, 0.2) is 0 Å². The summed E-state index contributed by atoms with van der Waals surface area (Å²) >= 11 is 5.79. The van der Waals surface area contributed by atoms with Crippen molar-refractivity contribution in [2.75, 3.05) is 19.6 Å². The van der Waals surface area contributed by atoms with Gasteiger partial charge in [0.05, 0.1) is 0 Å². The van der Waals surface area contributed by atoms with E-state index in [-0.39, 0.29) is 13.4 Å². The Labute approximate surface area is 484 Å². The summed E-state index contributed by atoms with van der Waals surface area (Å²) in [6, 6.07) is 103. The molecule has 0 unspecified atom stereocenters. The van der Waals surface area contributed by atoms with E-state index in [4.69, 9.17) is 0 Å². The van der Waals surface area contributed by atoms with Crippen LogP contribution in [0, 0.1) is 0 Å². The van der Waals surface area contributed by atoms with Gasteiger partial charge in [-0.25, -0.2) is 0 Å². The summed E-state index contributed by atoms with van der Waals surface area (Å²) in [5, 5.41) is 2.65. The van der Waals surface area contributed by atoms with Crippen molar-refractivity contribution in [3.05, 3.63) is 279 Å². The lowest BCUT2D eigenvalue weighted by Gasteiger charge is -2.41. The van der Waals surface area contributed by atoms with Crippen molar-refractivity contribution < 1.29 is 0 Å². The number of fused-ring (bicyclic) bond motifs is 11. The Morgan fingerprint density at radius 1 is 0.272 bits per heavy atom. The lowest BCUT2D eigenvalue weighted by molar-refractivity contribution is 1.23. The largest absolute Gasteiger partial charge is 0.311 e. The summed E-state index contributed by atoms with van der Waals surface area (Å²) in [5.41, 5.74) is 22.0. The third-order valence-electron chi connectivity index (χ3n) is 16.6. The molecule has 0 amide bonds. The minimum atomic E-state index is 0.0232. The van der Waals surface area contributed by atoms with Gasteiger partial charge in [-0.1, -0.05) is 192 Å². The van der Waals surface area contributed by atoms with Gasteiger partial charge in [-0.3, -0.25) is 0 Å². The first-order chi connectivity index (χ1) is 40.2. The Kier molecular flexibility index (Phi) is 10.8. The Morgan fingerprint density at radius 3 is 0.975 bits per heavy atom. The second-order valence-corrected chi connectivity index (χ2v) is 24.4. The molecule has 0 radical (unpaired) electrons. The van der Waals surface area contributed by atoms with E-state index in [0.717, 1.165) is 45.5 Å². The van der Waals surface area contributed by atoms with E-state index in [9.17, 15) is 0 Å². The highest BCUT2D eigenvalue weighted by molar-refractivity contribution is 8.00. The van der Waals surface area contributed by atoms with Crippen LogP contribution in [0.15, 0.2) is 299 Å². The van der Waals surface area contributed by atoms with Gasteiger partial charge in [0.25, 0.3) is 0 Å². The molecule has 0 saturated carbocycles. The summed E-state index contributed by atoms with van der Waals surface area (Å²) in [6.07, 6.45) is 0. The second-order valence-electron chi connectivity index (χ2n) is 21.2. The first-order valence-electron chi connectivity index (χ1n) is 27.6. The number of rotatable bonds is 8. The highest BCUT2D eigenvalue weighted by Gasteiger charge is 2.44. The van der Waals surface area contributed by atoms with Crippen LogP contribution in [0.2, 0.25) is 0 Å². The van der Waals surface area contributed by atoms with Gasteiger partial charge in [-0.05, 0) is 154 Å². The van der Waals surface area contributed by atoms with Gasteiger partial charge >= 0.3 is 0 Å². The van der Waals surface area contributed by atoms with E-state index >= 15 is 0 Å².